The second-order valence-corrected chi connectivity index (χ2v) is 9.56. The number of nitrogens with one attached hydrogen (secondary N) is 3. The highest BCUT2D eigenvalue weighted by Gasteiger charge is 2.69. The first kappa shape index (κ1) is 23.2. The van der Waals surface area contributed by atoms with Gasteiger partial charge in [0, 0.05) is 42.0 Å². The molecule has 0 aromatic carbocycles. The molecule has 1 saturated carbocycles. The summed E-state index contributed by atoms with van der Waals surface area (Å²) in [5.41, 5.74) is 6.06. The highest BCUT2D eigenvalue weighted by molar-refractivity contribution is 7.10. The predicted molar refractivity (Wildman–Crippen MR) is 118 cm³/mol. The average Bonchev–Trinajstić information content (AvgIpc) is 3.12. The van der Waals surface area contributed by atoms with Crippen LogP contribution in [-0.2, 0) is 25.7 Å². The fourth-order valence-corrected chi connectivity index (χ4v) is 5.35. The zero-order valence-electron chi connectivity index (χ0n) is 18.2. The van der Waals surface area contributed by atoms with E-state index in [4.69, 9.17) is 15.9 Å². The first-order valence-corrected chi connectivity index (χ1v) is 11.3. The minimum atomic E-state index is -0.545. The van der Waals surface area contributed by atoms with E-state index < -0.39 is 6.04 Å². The number of carbonyl (C=O) groups excluding carboxylic acids is 3. The number of nitrogen functional groups attached to an aromatic ring is 1. The summed E-state index contributed by atoms with van der Waals surface area (Å²) in [6.07, 6.45) is 1.50. The number of thiophene rings is 1. The van der Waals surface area contributed by atoms with Gasteiger partial charge < -0.3 is 26.0 Å². The number of ether oxygens (including phenoxy) is 1. The summed E-state index contributed by atoms with van der Waals surface area (Å²) in [5, 5.41) is 14.8. The fraction of sp³-hybridized carbons (Fsp3) is 0.619. The Hall–Kier alpha value is -2.46. The molecule has 1 aromatic heterocycles. The smallest absolute Gasteiger partial charge is 0.243 e. The van der Waals surface area contributed by atoms with Gasteiger partial charge in [0.2, 0.25) is 17.7 Å². The van der Waals surface area contributed by atoms with Crippen LogP contribution in [0.2, 0.25) is 0 Å². The largest absolute Gasteiger partial charge is 0.385 e. The van der Waals surface area contributed by atoms with Crippen LogP contribution in [0.5, 0.6) is 0 Å². The summed E-state index contributed by atoms with van der Waals surface area (Å²) in [6.45, 7) is 4.91. The zero-order valence-corrected chi connectivity index (χ0v) is 19.0. The van der Waals surface area contributed by atoms with Crippen molar-refractivity contribution in [1.82, 2.24) is 15.5 Å². The monoisotopic (exact) mass is 449 g/mol. The molecule has 2 heterocycles. The molecular weight excluding hydrogens is 418 g/mol. The van der Waals surface area contributed by atoms with Gasteiger partial charge in [-0.15, -0.1) is 11.3 Å². The zero-order chi connectivity index (χ0) is 22.8. The molecule has 1 aromatic rings. The van der Waals surface area contributed by atoms with Crippen LogP contribution in [0, 0.1) is 16.7 Å². The molecule has 2 aliphatic rings. The molecule has 2 fully saturated rings. The second-order valence-electron chi connectivity index (χ2n) is 8.57. The number of rotatable bonds is 10. The third-order valence-electron chi connectivity index (χ3n) is 6.53. The number of amides is 3. The first-order valence-electron chi connectivity index (χ1n) is 10.5. The first-order chi connectivity index (χ1) is 14.7. The Kier molecular flexibility index (Phi) is 7.00. The standard InChI is InChI=1S/C21H31N5O4S/c1-12-18-21(12,2)8-15(20(29)25-9-14-7-13(11-31-14)19(22)23)26(18)17(28)10-24-16(27)5-4-6-30-3/h7,11-12,15,18H,4-6,8-10H2,1-3H3,(H3,22,23)(H,24,27)(H,25,29)/t12-,15+,18+,21-/m1/s1. The Labute approximate surface area is 186 Å². The lowest BCUT2D eigenvalue weighted by Crippen LogP contribution is -2.51. The lowest BCUT2D eigenvalue weighted by molar-refractivity contribution is -0.140. The number of piperidine rings is 1. The molecule has 5 N–H and O–H groups in total. The topological polar surface area (TPSA) is 138 Å². The molecule has 10 heteroatoms. The van der Waals surface area contributed by atoms with Gasteiger partial charge in [-0.25, -0.2) is 0 Å². The number of methoxy groups -OCH3 is 1. The Balaban J connectivity index is 1.58. The Morgan fingerprint density at radius 1 is 1.39 bits per heavy atom. The molecule has 1 saturated heterocycles. The summed E-state index contributed by atoms with van der Waals surface area (Å²) in [5.74, 6) is -0.302. The number of amidine groups is 1. The van der Waals surface area contributed by atoms with E-state index in [0.29, 0.717) is 43.9 Å². The summed E-state index contributed by atoms with van der Waals surface area (Å²) in [6, 6.07) is 1.26. The van der Waals surface area contributed by atoms with Gasteiger partial charge in [-0.05, 0) is 30.2 Å². The molecule has 31 heavy (non-hydrogen) atoms. The van der Waals surface area contributed by atoms with Crippen molar-refractivity contribution in [3.8, 4) is 0 Å². The predicted octanol–water partition coefficient (Wildman–Crippen LogP) is 0.817. The molecule has 0 spiro atoms. The number of fused-ring (bicyclic) bond motifs is 1. The molecule has 3 rings (SSSR count). The van der Waals surface area contributed by atoms with Gasteiger partial charge in [0.15, 0.2) is 0 Å². The SMILES string of the molecule is COCCCC(=O)NCC(=O)N1[C@H]2[C@@H](C)[C@@]2(C)C[C@H]1C(=O)NCc1cc(C(=N)N)cs1. The van der Waals surface area contributed by atoms with Crippen molar-refractivity contribution in [2.24, 2.45) is 17.1 Å². The van der Waals surface area contributed by atoms with Crippen molar-refractivity contribution in [3.05, 3.63) is 21.9 Å². The molecule has 0 bridgehead atoms. The van der Waals surface area contributed by atoms with Gasteiger partial charge in [0.05, 0.1) is 13.1 Å². The van der Waals surface area contributed by atoms with Crippen molar-refractivity contribution in [2.75, 3.05) is 20.3 Å². The van der Waals surface area contributed by atoms with Crippen molar-refractivity contribution < 1.29 is 19.1 Å². The molecule has 3 amide bonds. The molecule has 0 radical (unpaired) electrons. The van der Waals surface area contributed by atoms with E-state index in [1.54, 1.807) is 23.5 Å². The maximum absolute atomic E-state index is 12.9. The van der Waals surface area contributed by atoms with Crippen LogP contribution in [0.25, 0.3) is 0 Å². The summed E-state index contributed by atoms with van der Waals surface area (Å²) in [4.78, 5) is 40.4. The fourth-order valence-electron chi connectivity index (χ4n) is 4.53. The van der Waals surface area contributed by atoms with Gasteiger partial charge in [0.25, 0.3) is 0 Å². The van der Waals surface area contributed by atoms with Crippen LogP contribution in [0.15, 0.2) is 11.4 Å². The van der Waals surface area contributed by atoms with E-state index in [0.717, 1.165) is 4.88 Å². The molecule has 170 valence electrons. The molecule has 9 nitrogen and oxygen atoms in total. The summed E-state index contributed by atoms with van der Waals surface area (Å²) < 4.78 is 4.93. The van der Waals surface area contributed by atoms with Crippen LogP contribution in [-0.4, -0.2) is 60.8 Å². The highest BCUT2D eigenvalue weighted by atomic mass is 32.1. The average molecular weight is 450 g/mol. The minimum absolute atomic E-state index is 0.00680. The van der Waals surface area contributed by atoms with E-state index in [1.807, 2.05) is 0 Å². The minimum Gasteiger partial charge on any atom is -0.385 e. The maximum atomic E-state index is 12.9. The van der Waals surface area contributed by atoms with Gasteiger partial charge in [-0.1, -0.05) is 13.8 Å². The number of nitrogens with two attached hydrogens (primary N) is 1. The third kappa shape index (κ3) is 4.90. The normalized spacial score (nSPS) is 26.3. The second kappa shape index (κ2) is 9.35. The maximum Gasteiger partial charge on any atom is 0.243 e. The van der Waals surface area contributed by atoms with Crippen LogP contribution in [0.4, 0.5) is 0 Å². The quantitative estimate of drug-likeness (QED) is 0.238. The summed E-state index contributed by atoms with van der Waals surface area (Å²) in [7, 11) is 1.58. The van der Waals surface area contributed by atoms with Gasteiger partial charge in [-0.2, -0.15) is 0 Å². The van der Waals surface area contributed by atoms with Crippen molar-refractivity contribution in [3.63, 3.8) is 0 Å². The Morgan fingerprint density at radius 2 is 2.13 bits per heavy atom. The molecule has 1 aliphatic carbocycles. The van der Waals surface area contributed by atoms with E-state index in [9.17, 15) is 14.4 Å². The van der Waals surface area contributed by atoms with Crippen LogP contribution in [0.3, 0.4) is 0 Å². The van der Waals surface area contributed by atoms with Crippen LogP contribution >= 0.6 is 11.3 Å². The third-order valence-corrected chi connectivity index (χ3v) is 7.47. The van der Waals surface area contributed by atoms with Gasteiger partial charge in [-0.3, -0.25) is 19.8 Å². The number of likely N-dealkylation sites (tertiary alicyclic amines) is 1. The number of nitrogens with zero attached hydrogens (tertiary/aromatic N) is 1. The lowest BCUT2D eigenvalue weighted by Gasteiger charge is -2.28. The highest BCUT2D eigenvalue weighted by Crippen LogP contribution is 2.63. The van der Waals surface area contributed by atoms with Crippen LogP contribution < -0.4 is 16.4 Å². The molecule has 1 aliphatic heterocycles. The van der Waals surface area contributed by atoms with Crippen molar-refractivity contribution >= 4 is 34.9 Å². The summed E-state index contributed by atoms with van der Waals surface area (Å²) >= 11 is 1.43. The number of hydrogen-bond donors (Lipinski definition) is 4. The van der Waals surface area contributed by atoms with Crippen LogP contribution in [0.1, 0.15) is 43.6 Å². The van der Waals surface area contributed by atoms with Crippen molar-refractivity contribution in [2.45, 2.75) is 51.7 Å². The van der Waals surface area contributed by atoms with E-state index >= 15 is 0 Å². The van der Waals surface area contributed by atoms with Crippen molar-refractivity contribution in [1.29, 1.82) is 5.41 Å². The molecule has 0 unspecified atom stereocenters. The van der Waals surface area contributed by atoms with Gasteiger partial charge >= 0.3 is 0 Å². The molecule has 4 atom stereocenters. The Morgan fingerprint density at radius 3 is 2.77 bits per heavy atom. The van der Waals surface area contributed by atoms with Gasteiger partial charge in [0.1, 0.15) is 11.9 Å². The molecular formula is C21H31N5O4S. The van der Waals surface area contributed by atoms with E-state index in [-0.39, 0.29) is 41.6 Å². The Bertz CT molecular complexity index is 872. The van der Waals surface area contributed by atoms with E-state index in [1.165, 1.54) is 11.3 Å². The lowest BCUT2D eigenvalue weighted by atomic mass is 9.98. The van der Waals surface area contributed by atoms with E-state index in [2.05, 4.69) is 24.5 Å². The number of hydrogen-bond acceptors (Lipinski definition) is 6. The number of carbonyl (C=O) groups is 3.